The topological polar surface area (TPSA) is 12.0 Å². The minimum atomic E-state index is 0.0792. The molecule has 21 heavy (non-hydrogen) atoms. The predicted molar refractivity (Wildman–Crippen MR) is 93.7 cm³/mol. The molecule has 1 aromatic rings. The minimum Gasteiger partial charge on any atom is -0.310 e. The maximum atomic E-state index is 3.60. The third-order valence-corrected chi connectivity index (χ3v) is 4.76. The van der Waals surface area contributed by atoms with Gasteiger partial charge in [-0.25, -0.2) is 0 Å². The lowest BCUT2D eigenvalue weighted by molar-refractivity contribution is 0.511. The van der Waals surface area contributed by atoms with Crippen LogP contribution >= 0.6 is 11.8 Å². The summed E-state index contributed by atoms with van der Waals surface area (Å²) in [5.41, 5.74) is 1.58. The van der Waals surface area contributed by atoms with Crippen LogP contribution in [0.25, 0.3) is 0 Å². The molecule has 0 radical (unpaired) electrons. The van der Waals surface area contributed by atoms with Crippen LogP contribution < -0.4 is 5.32 Å². The highest BCUT2D eigenvalue weighted by Gasteiger charge is 2.26. The van der Waals surface area contributed by atoms with E-state index in [0.717, 1.165) is 6.54 Å². The molecule has 2 atom stereocenters. The van der Waals surface area contributed by atoms with Crippen molar-refractivity contribution in [1.82, 2.24) is 5.32 Å². The third kappa shape index (κ3) is 4.95. The van der Waals surface area contributed by atoms with E-state index in [1.54, 1.807) is 0 Å². The maximum Gasteiger partial charge on any atom is 0.0233 e. The lowest BCUT2D eigenvalue weighted by atomic mass is 9.94. The van der Waals surface area contributed by atoms with Crippen molar-refractivity contribution in [3.05, 3.63) is 42.0 Å². The van der Waals surface area contributed by atoms with Gasteiger partial charge in [0.15, 0.2) is 0 Å². The molecule has 1 heterocycles. The van der Waals surface area contributed by atoms with Crippen LogP contribution in [-0.4, -0.2) is 18.3 Å². The molecule has 112 valence electrons. The van der Waals surface area contributed by atoms with E-state index in [2.05, 4.69) is 75.2 Å². The first kappa shape index (κ1) is 16.2. The summed E-state index contributed by atoms with van der Waals surface area (Å²) in [6.07, 6.45) is 4.07. The summed E-state index contributed by atoms with van der Waals surface area (Å²) >= 11 is 1.97. The van der Waals surface area contributed by atoms with Crippen molar-refractivity contribution in [2.75, 3.05) is 12.3 Å². The molecule has 2 rings (SSSR count). The largest absolute Gasteiger partial charge is 0.310 e. The van der Waals surface area contributed by atoms with Crippen molar-refractivity contribution < 1.29 is 0 Å². The van der Waals surface area contributed by atoms with Gasteiger partial charge in [0, 0.05) is 34.6 Å². The minimum absolute atomic E-state index is 0.0792. The normalized spacial score (nSPS) is 19.1. The Morgan fingerprint density at radius 2 is 2.14 bits per heavy atom. The van der Waals surface area contributed by atoms with E-state index in [-0.39, 0.29) is 5.41 Å². The van der Waals surface area contributed by atoms with Crippen LogP contribution in [0.3, 0.4) is 0 Å². The van der Waals surface area contributed by atoms with E-state index in [1.807, 2.05) is 17.8 Å². The molecule has 0 saturated heterocycles. The van der Waals surface area contributed by atoms with Gasteiger partial charge in [0.1, 0.15) is 0 Å². The molecule has 0 aromatic heterocycles. The molecule has 0 bridgehead atoms. The Bertz CT molecular complexity index is 557. The fourth-order valence-corrected chi connectivity index (χ4v) is 3.76. The smallest absolute Gasteiger partial charge is 0.0233 e. The fourth-order valence-electron chi connectivity index (χ4n) is 2.37. The van der Waals surface area contributed by atoms with E-state index < -0.39 is 0 Å². The average Bonchev–Trinajstić information content (AvgIpc) is 2.85. The van der Waals surface area contributed by atoms with E-state index in [9.17, 15) is 0 Å². The van der Waals surface area contributed by atoms with Gasteiger partial charge in [-0.2, -0.15) is 0 Å². The van der Waals surface area contributed by atoms with Crippen molar-refractivity contribution in [1.29, 1.82) is 0 Å². The Kier molecular flexibility index (Phi) is 5.56. The van der Waals surface area contributed by atoms with E-state index in [1.165, 1.54) is 16.2 Å². The summed E-state index contributed by atoms with van der Waals surface area (Å²) in [6.45, 7) is 9.54. The lowest BCUT2D eigenvalue weighted by Gasteiger charge is -2.20. The van der Waals surface area contributed by atoms with E-state index in [4.69, 9.17) is 0 Å². The molecule has 1 aliphatic rings. The lowest BCUT2D eigenvalue weighted by Crippen LogP contribution is -2.32. The second kappa shape index (κ2) is 7.20. The number of allylic oxidation sites excluding steroid dienone is 1. The molecular weight excluding hydrogens is 274 g/mol. The van der Waals surface area contributed by atoms with Crippen LogP contribution in [0.4, 0.5) is 0 Å². The highest BCUT2D eigenvalue weighted by Crippen LogP contribution is 2.40. The zero-order chi connectivity index (χ0) is 15.3. The average molecular weight is 299 g/mol. The first-order chi connectivity index (χ1) is 9.97. The first-order valence-corrected chi connectivity index (χ1v) is 8.59. The number of hydrogen-bond donors (Lipinski definition) is 1. The zero-order valence-corrected chi connectivity index (χ0v) is 14.3. The summed E-state index contributed by atoms with van der Waals surface area (Å²) in [4.78, 5) is 1.45. The fraction of sp³-hybridized carbons (Fsp3) is 0.474. The van der Waals surface area contributed by atoms with Crippen molar-refractivity contribution in [2.45, 2.75) is 44.6 Å². The maximum absolute atomic E-state index is 3.60. The SMILES string of the molecule is C[C@@H](NC/C=C/C#CC(C)(C)C)C1CSc2ccccc21. The first-order valence-electron chi connectivity index (χ1n) is 7.60. The van der Waals surface area contributed by atoms with Crippen molar-refractivity contribution in [3.8, 4) is 11.8 Å². The highest BCUT2D eigenvalue weighted by molar-refractivity contribution is 7.99. The Balaban J connectivity index is 1.82. The summed E-state index contributed by atoms with van der Waals surface area (Å²) < 4.78 is 0. The Morgan fingerprint density at radius 3 is 2.90 bits per heavy atom. The van der Waals surface area contributed by atoms with Crippen LogP contribution in [0.2, 0.25) is 0 Å². The molecular formula is C19H25NS. The summed E-state index contributed by atoms with van der Waals surface area (Å²) in [5, 5.41) is 3.60. The summed E-state index contributed by atoms with van der Waals surface area (Å²) in [6, 6.07) is 9.26. The van der Waals surface area contributed by atoms with Crippen LogP contribution in [-0.2, 0) is 0 Å². The molecule has 0 fully saturated rings. The molecule has 1 aliphatic heterocycles. The van der Waals surface area contributed by atoms with Gasteiger partial charge < -0.3 is 5.32 Å². The quantitative estimate of drug-likeness (QED) is 0.824. The molecule has 0 saturated carbocycles. The third-order valence-electron chi connectivity index (χ3n) is 3.55. The van der Waals surface area contributed by atoms with Crippen molar-refractivity contribution in [3.63, 3.8) is 0 Å². The van der Waals surface area contributed by atoms with Gasteiger partial charge in [-0.15, -0.1) is 11.8 Å². The van der Waals surface area contributed by atoms with Crippen LogP contribution in [0.15, 0.2) is 41.3 Å². The van der Waals surface area contributed by atoms with Gasteiger partial charge in [0.25, 0.3) is 0 Å². The molecule has 1 aromatic carbocycles. The number of rotatable bonds is 4. The molecule has 0 spiro atoms. The number of fused-ring (bicyclic) bond motifs is 1. The van der Waals surface area contributed by atoms with Crippen LogP contribution in [0, 0.1) is 17.3 Å². The monoisotopic (exact) mass is 299 g/mol. The Labute approximate surface area is 133 Å². The number of hydrogen-bond acceptors (Lipinski definition) is 2. The highest BCUT2D eigenvalue weighted by atomic mass is 32.2. The summed E-state index contributed by atoms with van der Waals surface area (Å²) in [5.74, 6) is 8.11. The predicted octanol–water partition coefficient (Wildman–Crippen LogP) is 4.46. The van der Waals surface area contributed by atoms with Crippen LogP contribution in [0.1, 0.15) is 39.2 Å². The van der Waals surface area contributed by atoms with Gasteiger partial charge in [0.05, 0.1) is 0 Å². The molecule has 0 amide bonds. The van der Waals surface area contributed by atoms with Crippen molar-refractivity contribution >= 4 is 11.8 Å². The van der Waals surface area contributed by atoms with Crippen molar-refractivity contribution in [2.24, 2.45) is 5.41 Å². The van der Waals surface area contributed by atoms with E-state index in [0.29, 0.717) is 12.0 Å². The van der Waals surface area contributed by atoms with Gasteiger partial charge >= 0.3 is 0 Å². The van der Waals surface area contributed by atoms with Gasteiger partial charge in [-0.3, -0.25) is 0 Å². The molecule has 1 unspecified atom stereocenters. The van der Waals surface area contributed by atoms with Crippen LogP contribution in [0.5, 0.6) is 0 Å². The molecule has 1 N–H and O–H groups in total. The second-order valence-electron chi connectivity index (χ2n) is 6.57. The number of thioether (sulfide) groups is 1. The number of benzene rings is 1. The summed E-state index contributed by atoms with van der Waals surface area (Å²) in [7, 11) is 0. The molecule has 0 aliphatic carbocycles. The number of nitrogens with one attached hydrogen (secondary N) is 1. The zero-order valence-electron chi connectivity index (χ0n) is 13.4. The van der Waals surface area contributed by atoms with Gasteiger partial charge in [-0.05, 0) is 45.4 Å². The second-order valence-corrected chi connectivity index (χ2v) is 7.64. The molecule has 2 heteroatoms. The Hall–Kier alpha value is -1.17. The Morgan fingerprint density at radius 1 is 1.38 bits per heavy atom. The standard InChI is InChI=1S/C19H25NS/c1-15(20-13-9-5-8-12-19(2,3)4)17-14-21-18-11-7-6-10-16(17)18/h5-7,9-11,15,17,20H,13-14H2,1-4H3/b9-5+/t15-,17?/m1/s1. The van der Waals surface area contributed by atoms with Gasteiger partial charge in [0.2, 0.25) is 0 Å². The van der Waals surface area contributed by atoms with E-state index >= 15 is 0 Å². The van der Waals surface area contributed by atoms with Gasteiger partial charge in [-0.1, -0.05) is 36.1 Å². The molecule has 1 nitrogen and oxygen atoms in total.